The minimum Gasteiger partial charge on any atom is -0.475 e. The third kappa shape index (κ3) is 7.80. The maximum atomic E-state index is 13.7. The Kier molecular flexibility index (Phi) is 9.96. The monoisotopic (exact) mass is 690 g/mol. The number of nitrogens with one attached hydrogen (secondary N) is 2. The predicted octanol–water partition coefficient (Wildman–Crippen LogP) is 6.11. The molecule has 1 aromatic carbocycles. The summed E-state index contributed by atoms with van der Waals surface area (Å²) in [6, 6.07) is 9.02. The first-order valence-electron chi connectivity index (χ1n) is 14.3. The van der Waals surface area contributed by atoms with Crippen LogP contribution in [0.1, 0.15) is 49.9 Å². The second kappa shape index (κ2) is 13.9. The number of benzene rings is 1. The number of carbonyl (C=O) groups excluding carboxylic acids is 2. The van der Waals surface area contributed by atoms with Crippen molar-refractivity contribution < 1.29 is 32.7 Å². The van der Waals surface area contributed by atoms with E-state index < -0.39 is 12.1 Å². The number of carbonyl (C=O) groups is 3. The number of anilines is 1. The molecule has 246 valence electrons. The fourth-order valence-corrected chi connectivity index (χ4v) is 5.66. The van der Waals surface area contributed by atoms with Crippen LogP contribution in [0.4, 0.5) is 18.9 Å². The summed E-state index contributed by atoms with van der Waals surface area (Å²) in [5, 5.41) is 26.0. The third-order valence-corrected chi connectivity index (χ3v) is 8.12. The summed E-state index contributed by atoms with van der Waals surface area (Å²) < 4.78 is 33.3. The van der Waals surface area contributed by atoms with Crippen molar-refractivity contribution in [2.75, 3.05) is 11.9 Å². The topological polar surface area (TPSA) is 159 Å². The van der Waals surface area contributed by atoms with E-state index in [1.165, 1.54) is 0 Å². The van der Waals surface area contributed by atoms with Gasteiger partial charge in [0.25, 0.3) is 0 Å². The molecule has 2 bridgehead atoms. The largest absolute Gasteiger partial charge is 0.490 e. The van der Waals surface area contributed by atoms with Gasteiger partial charge < -0.3 is 15.3 Å². The van der Waals surface area contributed by atoms with Crippen LogP contribution in [0.5, 0.6) is 0 Å². The summed E-state index contributed by atoms with van der Waals surface area (Å²) in [6.45, 7) is 2.41. The zero-order chi connectivity index (χ0) is 33.9. The van der Waals surface area contributed by atoms with Crippen molar-refractivity contribution in [1.29, 1.82) is 0 Å². The highest BCUT2D eigenvalue weighted by molar-refractivity contribution is 6.31. The zero-order valence-corrected chi connectivity index (χ0v) is 26.1. The molecule has 0 fully saturated rings. The summed E-state index contributed by atoms with van der Waals surface area (Å²) in [5.74, 6) is -3.11. The molecule has 0 aliphatic carbocycles. The second-order valence-electron chi connectivity index (χ2n) is 10.9. The van der Waals surface area contributed by atoms with Crippen molar-refractivity contribution in [2.45, 2.75) is 44.8 Å². The SMILES string of the molecule is C[C@@H]1CCC[C@H](N2CCC(c3cc(Cl)ccc3-n3cc(Cl)nn3)=CC2=O)c2cc(ccn2)-c2[nH]ncc2NC1=O.O=C(O)C(F)(F)F. The van der Waals surface area contributed by atoms with E-state index in [1.54, 1.807) is 35.4 Å². The van der Waals surface area contributed by atoms with Crippen LogP contribution in [-0.4, -0.2) is 70.7 Å². The van der Waals surface area contributed by atoms with Gasteiger partial charge in [-0.1, -0.05) is 41.8 Å². The Morgan fingerprint density at radius 3 is 2.57 bits per heavy atom. The molecule has 2 aliphatic heterocycles. The van der Waals surface area contributed by atoms with Gasteiger partial charge >= 0.3 is 12.1 Å². The van der Waals surface area contributed by atoms with E-state index in [4.69, 9.17) is 33.1 Å². The number of nitrogens with zero attached hydrogens (tertiary/aromatic N) is 6. The molecule has 4 aromatic rings. The number of carboxylic acid groups (broad SMARTS) is 1. The van der Waals surface area contributed by atoms with Crippen LogP contribution >= 0.6 is 23.2 Å². The Bertz CT molecular complexity index is 1840. The molecule has 0 unspecified atom stereocenters. The normalized spacial score (nSPS) is 18.5. The Labute approximate surface area is 275 Å². The number of aliphatic carboxylic acids is 1. The number of pyridine rings is 1. The molecule has 12 nitrogen and oxygen atoms in total. The fourth-order valence-electron chi connectivity index (χ4n) is 5.36. The van der Waals surface area contributed by atoms with Crippen molar-refractivity contribution in [2.24, 2.45) is 5.92 Å². The van der Waals surface area contributed by atoms with Gasteiger partial charge in [0.1, 0.15) is 0 Å². The molecule has 17 heteroatoms. The molecule has 0 radical (unpaired) electrons. The van der Waals surface area contributed by atoms with E-state index in [0.29, 0.717) is 42.2 Å². The van der Waals surface area contributed by atoms with E-state index in [2.05, 4.69) is 30.8 Å². The number of aromatic amines is 1. The van der Waals surface area contributed by atoms with Crippen molar-refractivity contribution in [3.05, 3.63) is 76.4 Å². The fraction of sp³-hybridized carbons (Fsp3) is 0.300. The van der Waals surface area contributed by atoms with E-state index in [1.807, 2.05) is 36.1 Å². The van der Waals surface area contributed by atoms with Gasteiger partial charge in [-0.2, -0.15) is 18.3 Å². The number of aromatic nitrogens is 6. The van der Waals surface area contributed by atoms with Gasteiger partial charge in [0, 0.05) is 40.9 Å². The van der Waals surface area contributed by atoms with E-state index in [0.717, 1.165) is 34.5 Å². The standard InChI is InChI=1S/C28H26Cl2N8O2.C2HF3O2/c1-16-3-2-4-24(21-11-18(7-9-31-21)27-22(14-32-35-27)33-28(16)40)37-10-8-17(12-26(37)39)20-13-19(29)5-6-23(20)38-15-25(30)34-36-38;3-2(4,5)1(6)7/h5-7,9,11-16,24H,2-4,8,10H2,1H3,(H,32,35)(H,33,40);(H,6,7)/t16-,24+;/m1./s1. The molecular formula is C30H27Cl2F3N8O4. The number of alkyl halides is 3. The number of amides is 2. The van der Waals surface area contributed by atoms with Crippen molar-refractivity contribution in [3.8, 4) is 16.9 Å². The van der Waals surface area contributed by atoms with Crippen LogP contribution in [0, 0.1) is 5.92 Å². The summed E-state index contributed by atoms with van der Waals surface area (Å²) in [7, 11) is 0. The lowest BCUT2D eigenvalue weighted by molar-refractivity contribution is -0.192. The summed E-state index contributed by atoms with van der Waals surface area (Å²) >= 11 is 12.4. The van der Waals surface area contributed by atoms with Crippen LogP contribution in [0.25, 0.3) is 22.5 Å². The highest BCUT2D eigenvalue weighted by Gasteiger charge is 2.38. The maximum absolute atomic E-state index is 13.7. The highest BCUT2D eigenvalue weighted by atomic mass is 35.5. The lowest BCUT2D eigenvalue weighted by atomic mass is 9.93. The van der Waals surface area contributed by atoms with Gasteiger partial charge in [-0.3, -0.25) is 19.7 Å². The first-order valence-corrected chi connectivity index (χ1v) is 15.1. The first kappa shape index (κ1) is 33.6. The molecule has 5 heterocycles. The number of rotatable bonds is 3. The Balaban J connectivity index is 0.000000559. The molecule has 0 saturated heterocycles. The molecule has 47 heavy (non-hydrogen) atoms. The molecule has 2 amide bonds. The van der Waals surface area contributed by atoms with Gasteiger partial charge in [-0.05, 0) is 55.2 Å². The molecule has 2 aliphatic rings. The van der Waals surface area contributed by atoms with Crippen LogP contribution in [-0.2, 0) is 14.4 Å². The maximum Gasteiger partial charge on any atom is 0.490 e. The van der Waals surface area contributed by atoms with Crippen LogP contribution in [0.15, 0.2) is 55.0 Å². The van der Waals surface area contributed by atoms with Crippen molar-refractivity contribution in [1.82, 2.24) is 35.1 Å². The lowest BCUT2D eigenvalue weighted by Gasteiger charge is -2.34. The average Bonchev–Trinajstić information content (AvgIpc) is 3.67. The van der Waals surface area contributed by atoms with E-state index in [-0.39, 0.29) is 28.9 Å². The van der Waals surface area contributed by atoms with E-state index >= 15 is 0 Å². The Morgan fingerprint density at radius 2 is 1.89 bits per heavy atom. The van der Waals surface area contributed by atoms with Crippen LogP contribution in [0.3, 0.4) is 0 Å². The van der Waals surface area contributed by atoms with Crippen molar-refractivity contribution >= 4 is 52.2 Å². The molecular weight excluding hydrogens is 664 g/mol. The molecule has 0 spiro atoms. The molecule has 3 N–H and O–H groups in total. The number of fused-ring (bicyclic) bond motifs is 4. The Morgan fingerprint density at radius 1 is 1.13 bits per heavy atom. The molecule has 3 aromatic heterocycles. The summed E-state index contributed by atoms with van der Waals surface area (Å²) in [6.07, 6.45) is 4.28. The Hall–Kier alpha value is -4.76. The number of H-pyrrole nitrogens is 1. The number of halogens is 5. The minimum absolute atomic E-state index is 0.0540. The molecule has 6 rings (SSSR count). The second-order valence-corrected chi connectivity index (χ2v) is 11.7. The number of hydrogen-bond donors (Lipinski definition) is 3. The number of carboxylic acids is 1. The first-order chi connectivity index (χ1) is 22.3. The smallest absolute Gasteiger partial charge is 0.475 e. The summed E-state index contributed by atoms with van der Waals surface area (Å²) in [5.41, 5.74) is 5.35. The van der Waals surface area contributed by atoms with Gasteiger partial charge in [0.05, 0.1) is 41.2 Å². The van der Waals surface area contributed by atoms with Gasteiger partial charge in [0.2, 0.25) is 11.8 Å². The summed E-state index contributed by atoms with van der Waals surface area (Å²) in [4.78, 5) is 42.0. The minimum atomic E-state index is -5.08. The highest BCUT2D eigenvalue weighted by Crippen LogP contribution is 2.36. The molecule has 2 atom stereocenters. The lowest BCUT2D eigenvalue weighted by Crippen LogP contribution is -2.38. The zero-order valence-electron chi connectivity index (χ0n) is 24.6. The average molecular weight is 691 g/mol. The predicted molar refractivity (Wildman–Crippen MR) is 166 cm³/mol. The molecule has 0 saturated carbocycles. The number of hydrogen-bond acceptors (Lipinski definition) is 7. The van der Waals surface area contributed by atoms with Crippen molar-refractivity contribution in [3.63, 3.8) is 0 Å². The quantitative estimate of drug-likeness (QED) is 0.232. The van der Waals surface area contributed by atoms with Gasteiger partial charge in [-0.25, -0.2) is 9.48 Å². The third-order valence-electron chi connectivity index (χ3n) is 7.71. The van der Waals surface area contributed by atoms with Gasteiger partial charge in [-0.15, -0.1) is 5.10 Å². The van der Waals surface area contributed by atoms with E-state index in [9.17, 15) is 22.8 Å². The van der Waals surface area contributed by atoms with Crippen LogP contribution < -0.4 is 5.32 Å². The van der Waals surface area contributed by atoms with Gasteiger partial charge in [0.15, 0.2) is 5.15 Å². The van der Waals surface area contributed by atoms with Crippen LogP contribution in [0.2, 0.25) is 10.2 Å².